The van der Waals surface area contributed by atoms with E-state index in [0.717, 1.165) is 21.3 Å². The lowest BCUT2D eigenvalue weighted by atomic mass is 10.2. The highest BCUT2D eigenvalue weighted by atomic mass is 32.2. The molecule has 2 aromatic heterocycles. The third-order valence-corrected chi connectivity index (χ3v) is 7.28. The molecule has 6 nitrogen and oxygen atoms in total. The van der Waals surface area contributed by atoms with Crippen molar-refractivity contribution in [2.45, 2.75) is 42.7 Å². The Bertz CT molecular complexity index is 927. The predicted octanol–water partition coefficient (Wildman–Crippen LogP) is 3.06. The SMILES string of the molecule is Cc1cc(C(=O)CSc2ccc(S(=O)(=O)N(C)C)cn2)c(C)n1C1CC1. The summed E-state index contributed by atoms with van der Waals surface area (Å²) in [6.07, 6.45) is 3.71. The topological polar surface area (TPSA) is 72.3 Å². The molecule has 0 amide bonds. The van der Waals surface area contributed by atoms with Gasteiger partial charge in [0, 0.05) is 43.3 Å². The molecule has 1 fully saturated rings. The van der Waals surface area contributed by atoms with Gasteiger partial charge in [-0.15, -0.1) is 0 Å². The first-order valence-corrected chi connectivity index (χ1v) is 10.9. The Balaban J connectivity index is 1.68. The van der Waals surface area contributed by atoms with Crippen LogP contribution in [0.25, 0.3) is 0 Å². The van der Waals surface area contributed by atoms with Crippen LogP contribution in [0.15, 0.2) is 34.3 Å². The predicted molar refractivity (Wildman–Crippen MR) is 102 cm³/mol. The van der Waals surface area contributed by atoms with E-state index in [1.165, 1.54) is 51.0 Å². The Hall–Kier alpha value is -1.64. The number of aryl methyl sites for hydroxylation is 1. The number of pyridine rings is 1. The average Bonchev–Trinajstić information content (AvgIpc) is 3.38. The van der Waals surface area contributed by atoms with Crippen LogP contribution in [0, 0.1) is 13.8 Å². The number of thioether (sulfide) groups is 1. The zero-order valence-corrected chi connectivity index (χ0v) is 17.0. The molecule has 3 rings (SSSR count). The van der Waals surface area contributed by atoms with E-state index in [2.05, 4.69) is 9.55 Å². The largest absolute Gasteiger partial charge is 0.345 e. The van der Waals surface area contributed by atoms with Gasteiger partial charge in [0.25, 0.3) is 0 Å². The molecule has 0 aliphatic heterocycles. The summed E-state index contributed by atoms with van der Waals surface area (Å²) in [5.74, 6) is 0.351. The summed E-state index contributed by atoms with van der Waals surface area (Å²) in [6, 6.07) is 5.68. The van der Waals surface area contributed by atoms with Crippen LogP contribution in [0.1, 0.15) is 40.6 Å². The van der Waals surface area contributed by atoms with Crippen LogP contribution < -0.4 is 0 Å². The van der Waals surface area contributed by atoms with E-state index in [4.69, 9.17) is 0 Å². The number of aromatic nitrogens is 2. The molecule has 0 N–H and O–H groups in total. The van der Waals surface area contributed by atoms with E-state index in [0.29, 0.717) is 11.1 Å². The highest BCUT2D eigenvalue weighted by Crippen LogP contribution is 2.38. The van der Waals surface area contributed by atoms with E-state index in [-0.39, 0.29) is 16.4 Å². The monoisotopic (exact) mass is 393 g/mol. The summed E-state index contributed by atoms with van der Waals surface area (Å²) in [4.78, 5) is 16.9. The normalized spacial score (nSPS) is 14.8. The summed E-state index contributed by atoms with van der Waals surface area (Å²) < 4.78 is 27.5. The van der Waals surface area contributed by atoms with Gasteiger partial charge in [-0.3, -0.25) is 4.79 Å². The number of carbonyl (C=O) groups is 1. The number of rotatable bonds is 7. The number of hydrogen-bond donors (Lipinski definition) is 0. The van der Waals surface area contributed by atoms with E-state index < -0.39 is 10.0 Å². The molecule has 0 bridgehead atoms. The number of ketones is 1. The molecular formula is C18H23N3O3S2. The number of Topliss-reactive ketones (excluding diaryl/α,β-unsaturated/α-hetero) is 1. The van der Waals surface area contributed by atoms with Gasteiger partial charge in [-0.25, -0.2) is 17.7 Å². The van der Waals surface area contributed by atoms with Crippen molar-refractivity contribution >= 4 is 27.6 Å². The van der Waals surface area contributed by atoms with Gasteiger partial charge < -0.3 is 4.57 Å². The molecule has 0 aromatic carbocycles. The Morgan fingerprint density at radius 1 is 1.31 bits per heavy atom. The Morgan fingerprint density at radius 2 is 2.00 bits per heavy atom. The van der Waals surface area contributed by atoms with Crippen molar-refractivity contribution in [1.82, 2.24) is 13.9 Å². The van der Waals surface area contributed by atoms with Gasteiger partial charge in [-0.2, -0.15) is 0 Å². The first kappa shape index (κ1) is 19.1. The van der Waals surface area contributed by atoms with Crippen LogP contribution in [0.2, 0.25) is 0 Å². The molecule has 8 heteroatoms. The van der Waals surface area contributed by atoms with Gasteiger partial charge in [-0.05, 0) is 44.9 Å². The van der Waals surface area contributed by atoms with Crippen LogP contribution in [0.4, 0.5) is 0 Å². The highest BCUT2D eigenvalue weighted by Gasteiger charge is 2.28. The molecule has 0 radical (unpaired) electrons. The van der Waals surface area contributed by atoms with Crippen molar-refractivity contribution in [3.63, 3.8) is 0 Å². The third kappa shape index (κ3) is 3.72. The number of sulfonamides is 1. The number of nitrogens with zero attached hydrogens (tertiary/aromatic N) is 3. The molecule has 0 spiro atoms. The van der Waals surface area contributed by atoms with Crippen molar-refractivity contribution in [2.75, 3.05) is 19.8 Å². The third-order valence-electron chi connectivity index (χ3n) is 4.54. The minimum Gasteiger partial charge on any atom is -0.345 e. The fourth-order valence-electron chi connectivity index (χ4n) is 2.99. The van der Waals surface area contributed by atoms with E-state index >= 15 is 0 Å². The van der Waals surface area contributed by atoms with E-state index in [1.54, 1.807) is 6.07 Å². The summed E-state index contributed by atoms with van der Waals surface area (Å²) in [6.45, 7) is 4.04. The molecule has 26 heavy (non-hydrogen) atoms. The molecule has 2 heterocycles. The van der Waals surface area contributed by atoms with Gasteiger partial charge in [-0.1, -0.05) is 11.8 Å². The number of hydrogen-bond acceptors (Lipinski definition) is 5. The Morgan fingerprint density at radius 3 is 2.54 bits per heavy atom. The van der Waals surface area contributed by atoms with Crippen molar-refractivity contribution in [3.8, 4) is 0 Å². The molecule has 1 aliphatic carbocycles. The van der Waals surface area contributed by atoms with Crippen molar-refractivity contribution in [2.24, 2.45) is 0 Å². The molecular weight excluding hydrogens is 370 g/mol. The first-order valence-electron chi connectivity index (χ1n) is 8.45. The van der Waals surface area contributed by atoms with Crippen LogP contribution in [0.5, 0.6) is 0 Å². The summed E-state index contributed by atoms with van der Waals surface area (Å²) in [7, 11) is -0.524. The second-order valence-corrected chi connectivity index (χ2v) is 9.86. The fraction of sp³-hybridized carbons (Fsp3) is 0.444. The summed E-state index contributed by atoms with van der Waals surface area (Å²) in [5.41, 5.74) is 2.94. The lowest BCUT2D eigenvalue weighted by Crippen LogP contribution is -2.22. The maximum atomic E-state index is 12.6. The van der Waals surface area contributed by atoms with Crippen LogP contribution in [0.3, 0.4) is 0 Å². The van der Waals surface area contributed by atoms with Crippen molar-refractivity contribution in [3.05, 3.63) is 41.3 Å². The van der Waals surface area contributed by atoms with Gasteiger partial charge in [0.1, 0.15) is 4.90 Å². The van der Waals surface area contributed by atoms with Crippen molar-refractivity contribution < 1.29 is 13.2 Å². The molecule has 0 unspecified atom stereocenters. The zero-order chi connectivity index (χ0) is 19.1. The van der Waals surface area contributed by atoms with Gasteiger partial charge in [0.05, 0.1) is 10.8 Å². The van der Waals surface area contributed by atoms with Gasteiger partial charge >= 0.3 is 0 Å². The maximum Gasteiger partial charge on any atom is 0.244 e. The zero-order valence-electron chi connectivity index (χ0n) is 15.4. The smallest absolute Gasteiger partial charge is 0.244 e. The quantitative estimate of drug-likeness (QED) is 0.534. The number of carbonyl (C=O) groups excluding carboxylic acids is 1. The van der Waals surface area contributed by atoms with Crippen molar-refractivity contribution in [1.29, 1.82) is 0 Å². The average molecular weight is 394 g/mol. The molecule has 1 saturated carbocycles. The maximum absolute atomic E-state index is 12.6. The van der Waals surface area contributed by atoms with Crippen LogP contribution in [-0.2, 0) is 10.0 Å². The second kappa shape index (κ2) is 7.17. The lowest BCUT2D eigenvalue weighted by Gasteiger charge is -2.11. The lowest BCUT2D eigenvalue weighted by molar-refractivity contribution is 0.102. The first-order chi connectivity index (χ1) is 12.2. The van der Waals surface area contributed by atoms with E-state index in [9.17, 15) is 13.2 Å². The minimum absolute atomic E-state index is 0.0711. The summed E-state index contributed by atoms with van der Waals surface area (Å²) in [5, 5.41) is 0.632. The van der Waals surface area contributed by atoms with Crippen LogP contribution in [-0.4, -0.2) is 47.9 Å². The van der Waals surface area contributed by atoms with Gasteiger partial charge in [0.15, 0.2) is 5.78 Å². The Kier molecular flexibility index (Phi) is 5.28. The molecule has 0 saturated heterocycles. The molecule has 1 aliphatic rings. The fourth-order valence-corrected chi connectivity index (χ4v) is 4.56. The summed E-state index contributed by atoms with van der Waals surface area (Å²) >= 11 is 1.32. The molecule has 2 aromatic rings. The van der Waals surface area contributed by atoms with Crippen LogP contribution >= 0.6 is 11.8 Å². The second-order valence-electron chi connectivity index (χ2n) is 6.72. The standard InChI is InChI=1S/C18H23N3O3S2/c1-12-9-16(13(2)21(12)14-5-6-14)17(22)11-25-18-8-7-15(10-19-18)26(23,24)20(3)4/h7-10,14H,5-6,11H2,1-4H3. The minimum atomic E-state index is -3.49. The highest BCUT2D eigenvalue weighted by molar-refractivity contribution is 7.99. The van der Waals surface area contributed by atoms with E-state index in [1.807, 2.05) is 19.9 Å². The Labute approximate surface area is 158 Å². The van der Waals surface area contributed by atoms with Gasteiger partial charge in [0.2, 0.25) is 10.0 Å². The molecule has 140 valence electrons. The molecule has 0 atom stereocenters.